The second-order valence-corrected chi connectivity index (χ2v) is 3.90. The molecule has 3 heteroatoms. The summed E-state index contributed by atoms with van der Waals surface area (Å²) in [6.07, 6.45) is 1.78. The predicted octanol–water partition coefficient (Wildman–Crippen LogP) is 2.64. The minimum Gasteiger partial charge on any atom is -0.323 e. The Morgan fingerprint density at radius 3 is 2.73 bits per heavy atom. The van der Waals surface area contributed by atoms with E-state index in [1.807, 2.05) is 18.2 Å². The van der Waals surface area contributed by atoms with Crippen LogP contribution in [-0.2, 0) is 0 Å². The second-order valence-electron chi connectivity index (χ2n) is 3.90. The molecule has 0 aliphatic rings. The molecule has 0 aliphatic carbocycles. The van der Waals surface area contributed by atoms with Crippen molar-refractivity contribution >= 4 is 16.6 Å². The number of nitrogens with one attached hydrogen (secondary N) is 1. The highest BCUT2D eigenvalue weighted by Crippen LogP contribution is 2.27. The molecule has 78 valence electrons. The number of benzene rings is 1. The Bertz CT molecular complexity index is 477. The van der Waals surface area contributed by atoms with Gasteiger partial charge in [0.15, 0.2) is 0 Å². The summed E-state index contributed by atoms with van der Waals surface area (Å²) in [6.45, 7) is 4.33. The molecule has 0 fully saturated rings. The lowest BCUT2D eigenvalue weighted by atomic mass is 9.99. The molecule has 0 saturated heterocycles. The molecule has 0 atom stereocenters. The lowest BCUT2D eigenvalue weighted by molar-refractivity contribution is 0.873. The largest absolute Gasteiger partial charge is 0.323 e. The van der Waals surface area contributed by atoms with Crippen molar-refractivity contribution in [2.75, 3.05) is 5.43 Å². The Labute approximate surface area is 89.3 Å². The number of hydrazine groups is 1. The van der Waals surface area contributed by atoms with E-state index in [0.717, 1.165) is 16.6 Å². The zero-order valence-electron chi connectivity index (χ0n) is 8.99. The molecule has 3 N–H and O–H groups in total. The number of nitrogen functional groups attached to an aromatic ring is 1. The lowest BCUT2D eigenvalue weighted by Crippen LogP contribution is -2.07. The Kier molecular flexibility index (Phi) is 2.56. The third-order valence-corrected chi connectivity index (χ3v) is 2.58. The summed E-state index contributed by atoms with van der Waals surface area (Å²) >= 11 is 0. The smallest absolute Gasteiger partial charge is 0.0757 e. The fourth-order valence-corrected chi connectivity index (χ4v) is 1.79. The van der Waals surface area contributed by atoms with Crippen molar-refractivity contribution in [3.8, 4) is 0 Å². The van der Waals surface area contributed by atoms with Crippen molar-refractivity contribution in [1.29, 1.82) is 0 Å². The Hall–Kier alpha value is -1.61. The van der Waals surface area contributed by atoms with Crippen molar-refractivity contribution in [2.45, 2.75) is 19.8 Å². The molecule has 0 amide bonds. The van der Waals surface area contributed by atoms with E-state index >= 15 is 0 Å². The van der Waals surface area contributed by atoms with E-state index < -0.39 is 0 Å². The van der Waals surface area contributed by atoms with Crippen LogP contribution in [0.5, 0.6) is 0 Å². The van der Waals surface area contributed by atoms with Gasteiger partial charge in [-0.15, -0.1) is 0 Å². The van der Waals surface area contributed by atoms with Crippen LogP contribution in [0.2, 0.25) is 0 Å². The maximum absolute atomic E-state index is 5.46. The molecule has 1 heterocycles. The summed E-state index contributed by atoms with van der Waals surface area (Å²) in [5.41, 5.74) is 5.90. The lowest BCUT2D eigenvalue weighted by Gasteiger charge is -2.11. The van der Waals surface area contributed by atoms with Crippen molar-refractivity contribution < 1.29 is 0 Å². The van der Waals surface area contributed by atoms with Crippen molar-refractivity contribution in [1.82, 2.24) is 4.98 Å². The number of aromatic nitrogens is 1. The molecule has 15 heavy (non-hydrogen) atoms. The number of fused-ring (bicyclic) bond motifs is 1. The van der Waals surface area contributed by atoms with E-state index in [-0.39, 0.29) is 0 Å². The van der Waals surface area contributed by atoms with E-state index in [9.17, 15) is 0 Å². The first kappa shape index (κ1) is 9.93. The molecule has 0 unspecified atom stereocenters. The van der Waals surface area contributed by atoms with Gasteiger partial charge in [0.2, 0.25) is 0 Å². The van der Waals surface area contributed by atoms with E-state index in [4.69, 9.17) is 5.84 Å². The van der Waals surface area contributed by atoms with E-state index in [0.29, 0.717) is 5.92 Å². The molecular weight excluding hydrogens is 186 g/mol. The number of hydrogen-bond donors (Lipinski definition) is 2. The average molecular weight is 201 g/mol. The highest BCUT2D eigenvalue weighted by atomic mass is 15.2. The summed E-state index contributed by atoms with van der Waals surface area (Å²) in [7, 11) is 0. The standard InChI is InChI=1S/C12H15N3/c1-8(2)9-4-3-5-10-11(15-13)6-7-14-12(9)10/h3-8H,13H2,1-2H3,(H,14,15). The first-order chi connectivity index (χ1) is 7.24. The molecule has 1 aromatic heterocycles. The SMILES string of the molecule is CC(C)c1cccc2c(NN)ccnc12. The predicted molar refractivity (Wildman–Crippen MR) is 63.6 cm³/mol. The number of pyridine rings is 1. The Balaban J connectivity index is 2.76. The summed E-state index contributed by atoms with van der Waals surface area (Å²) < 4.78 is 0. The van der Waals surface area contributed by atoms with Gasteiger partial charge < -0.3 is 5.43 Å². The van der Waals surface area contributed by atoms with Gasteiger partial charge in [-0.3, -0.25) is 10.8 Å². The van der Waals surface area contributed by atoms with Gasteiger partial charge >= 0.3 is 0 Å². The number of nitrogens with zero attached hydrogens (tertiary/aromatic N) is 1. The molecule has 1 aromatic carbocycles. The van der Waals surface area contributed by atoms with Gasteiger partial charge in [0.1, 0.15) is 0 Å². The number of para-hydroxylation sites is 1. The monoisotopic (exact) mass is 201 g/mol. The Morgan fingerprint density at radius 2 is 2.07 bits per heavy atom. The molecule has 2 rings (SSSR count). The zero-order valence-corrected chi connectivity index (χ0v) is 8.99. The summed E-state index contributed by atoms with van der Waals surface area (Å²) in [5.74, 6) is 5.93. The van der Waals surface area contributed by atoms with Crippen LogP contribution >= 0.6 is 0 Å². The summed E-state index contributed by atoms with van der Waals surface area (Å²) in [6, 6.07) is 8.07. The fraction of sp³-hybridized carbons (Fsp3) is 0.250. The third-order valence-electron chi connectivity index (χ3n) is 2.58. The molecule has 0 saturated carbocycles. The minimum atomic E-state index is 0.467. The topological polar surface area (TPSA) is 50.9 Å². The van der Waals surface area contributed by atoms with Crippen LogP contribution in [0.4, 0.5) is 5.69 Å². The molecule has 0 spiro atoms. The van der Waals surface area contributed by atoms with Gasteiger partial charge in [0, 0.05) is 11.6 Å². The first-order valence-corrected chi connectivity index (χ1v) is 5.08. The summed E-state index contributed by atoms with van der Waals surface area (Å²) in [4.78, 5) is 4.42. The van der Waals surface area contributed by atoms with Gasteiger partial charge in [-0.05, 0) is 17.5 Å². The number of rotatable bonds is 2. The highest BCUT2D eigenvalue weighted by molar-refractivity contribution is 5.93. The normalized spacial score (nSPS) is 10.9. The molecular formula is C12H15N3. The molecule has 0 bridgehead atoms. The highest BCUT2D eigenvalue weighted by Gasteiger charge is 2.07. The van der Waals surface area contributed by atoms with Gasteiger partial charge in [-0.25, -0.2) is 0 Å². The van der Waals surface area contributed by atoms with Gasteiger partial charge in [-0.1, -0.05) is 32.0 Å². The van der Waals surface area contributed by atoms with Crippen LogP contribution in [0.25, 0.3) is 10.9 Å². The van der Waals surface area contributed by atoms with Gasteiger partial charge in [-0.2, -0.15) is 0 Å². The summed E-state index contributed by atoms with van der Waals surface area (Å²) in [5, 5.41) is 1.08. The Morgan fingerprint density at radius 1 is 1.27 bits per heavy atom. The van der Waals surface area contributed by atoms with Crippen LogP contribution in [0, 0.1) is 0 Å². The third kappa shape index (κ3) is 1.66. The molecule has 0 radical (unpaired) electrons. The molecule has 3 nitrogen and oxygen atoms in total. The van der Waals surface area contributed by atoms with Gasteiger partial charge in [0.05, 0.1) is 11.2 Å². The van der Waals surface area contributed by atoms with Crippen molar-refractivity contribution in [3.05, 3.63) is 36.0 Å². The average Bonchev–Trinajstić information content (AvgIpc) is 2.27. The van der Waals surface area contributed by atoms with Crippen LogP contribution in [0.15, 0.2) is 30.5 Å². The molecule has 2 aromatic rings. The van der Waals surface area contributed by atoms with E-state index in [1.165, 1.54) is 5.56 Å². The van der Waals surface area contributed by atoms with Crippen LogP contribution in [0.3, 0.4) is 0 Å². The number of nitrogens with two attached hydrogens (primary N) is 1. The molecule has 0 aliphatic heterocycles. The van der Waals surface area contributed by atoms with Crippen LogP contribution in [-0.4, -0.2) is 4.98 Å². The van der Waals surface area contributed by atoms with Gasteiger partial charge in [0.25, 0.3) is 0 Å². The zero-order chi connectivity index (χ0) is 10.8. The fourth-order valence-electron chi connectivity index (χ4n) is 1.79. The van der Waals surface area contributed by atoms with Crippen LogP contribution < -0.4 is 11.3 Å². The van der Waals surface area contributed by atoms with Crippen LogP contribution in [0.1, 0.15) is 25.3 Å². The van der Waals surface area contributed by atoms with E-state index in [2.05, 4.69) is 30.3 Å². The first-order valence-electron chi connectivity index (χ1n) is 5.08. The maximum atomic E-state index is 5.46. The maximum Gasteiger partial charge on any atom is 0.0757 e. The van der Waals surface area contributed by atoms with Crippen molar-refractivity contribution in [3.63, 3.8) is 0 Å². The second kappa shape index (κ2) is 3.87. The quantitative estimate of drug-likeness (QED) is 0.580. The van der Waals surface area contributed by atoms with E-state index in [1.54, 1.807) is 6.20 Å². The number of anilines is 1. The van der Waals surface area contributed by atoms with Crippen molar-refractivity contribution in [2.24, 2.45) is 5.84 Å². The number of hydrogen-bond acceptors (Lipinski definition) is 3. The minimum absolute atomic E-state index is 0.467.